The molecule has 1 heterocycles. The Morgan fingerprint density at radius 1 is 1.28 bits per heavy atom. The van der Waals surface area contributed by atoms with Gasteiger partial charge >= 0.3 is 5.97 Å². The fourth-order valence-corrected chi connectivity index (χ4v) is 1.36. The minimum atomic E-state index is -1.16. The van der Waals surface area contributed by atoms with Crippen molar-refractivity contribution in [1.29, 1.82) is 0 Å². The van der Waals surface area contributed by atoms with Crippen LogP contribution in [0.5, 0.6) is 0 Å². The quantitative estimate of drug-likeness (QED) is 0.744. The molecule has 0 aliphatic rings. The lowest BCUT2D eigenvalue weighted by atomic mass is 10.1. The molecule has 2 N–H and O–H groups in total. The lowest BCUT2D eigenvalue weighted by Gasteiger charge is -2.06. The van der Waals surface area contributed by atoms with Crippen molar-refractivity contribution in [2.24, 2.45) is 5.92 Å². The molecule has 0 aliphatic carbocycles. The molecular weight excluding hydrogens is 234 g/mol. The van der Waals surface area contributed by atoms with Gasteiger partial charge in [-0.05, 0) is 18.8 Å². The predicted molar refractivity (Wildman–Crippen MR) is 65.4 cm³/mol. The van der Waals surface area contributed by atoms with Gasteiger partial charge in [0.15, 0.2) is 5.69 Å². The molecule has 6 nitrogen and oxygen atoms in total. The molecule has 98 valence electrons. The molecule has 0 bridgehead atoms. The Bertz CT molecular complexity index is 415. The number of aromatic carboxylic acids is 1. The number of hydrogen-bond acceptors (Lipinski definition) is 4. The number of aromatic nitrogens is 2. The summed E-state index contributed by atoms with van der Waals surface area (Å²) in [4.78, 5) is 29.6. The molecule has 1 aromatic heterocycles. The molecule has 6 heteroatoms. The Morgan fingerprint density at radius 2 is 1.89 bits per heavy atom. The van der Waals surface area contributed by atoms with Crippen LogP contribution in [0.3, 0.4) is 0 Å². The SMILES string of the molecule is CC(C)CCCNC(=O)c1cnc(C(=O)O)cn1. The van der Waals surface area contributed by atoms with Crippen LogP contribution in [-0.4, -0.2) is 33.5 Å². The average Bonchev–Trinajstić information content (AvgIpc) is 2.34. The second-order valence-corrected chi connectivity index (χ2v) is 4.38. The van der Waals surface area contributed by atoms with E-state index in [0.29, 0.717) is 12.5 Å². The highest BCUT2D eigenvalue weighted by Gasteiger charge is 2.10. The monoisotopic (exact) mass is 251 g/mol. The molecule has 1 aromatic rings. The number of carboxylic acid groups (broad SMARTS) is 1. The summed E-state index contributed by atoms with van der Waals surface area (Å²) in [6, 6.07) is 0. The zero-order chi connectivity index (χ0) is 13.5. The van der Waals surface area contributed by atoms with Gasteiger partial charge < -0.3 is 10.4 Å². The second kappa shape index (κ2) is 6.68. The minimum absolute atomic E-state index is 0.129. The van der Waals surface area contributed by atoms with Crippen LogP contribution in [0.25, 0.3) is 0 Å². The Balaban J connectivity index is 2.44. The number of carbonyl (C=O) groups is 2. The van der Waals surface area contributed by atoms with E-state index < -0.39 is 5.97 Å². The first-order valence-electron chi connectivity index (χ1n) is 5.84. The zero-order valence-corrected chi connectivity index (χ0v) is 10.5. The molecule has 0 aliphatic heterocycles. The smallest absolute Gasteiger partial charge is 0.356 e. The molecule has 0 aromatic carbocycles. The van der Waals surface area contributed by atoms with Gasteiger partial charge in [-0.2, -0.15) is 0 Å². The molecule has 0 saturated heterocycles. The lowest BCUT2D eigenvalue weighted by molar-refractivity contribution is 0.0689. The normalized spacial score (nSPS) is 10.4. The molecule has 0 fully saturated rings. The van der Waals surface area contributed by atoms with E-state index in [1.165, 1.54) is 6.20 Å². The van der Waals surface area contributed by atoms with Crippen LogP contribution in [0.2, 0.25) is 0 Å². The summed E-state index contributed by atoms with van der Waals surface area (Å²) in [5, 5.41) is 11.4. The summed E-state index contributed by atoms with van der Waals surface area (Å²) >= 11 is 0. The number of carboxylic acids is 1. The molecule has 1 amide bonds. The van der Waals surface area contributed by atoms with Crippen LogP contribution in [0, 0.1) is 5.92 Å². The van der Waals surface area contributed by atoms with Crippen LogP contribution >= 0.6 is 0 Å². The van der Waals surface area contributed by atoms with E-state index in [1.54, 1.807) is 0 Å². The lowest BCUT2D eigenvalue weighted by Crippen LogP contribution is -2.26. The number of amides is 1. The second-order valence-electron chi connectivity index (χ2n) is 4.38. The maximum Gasteiger partial charge on any atom is 0.356 e. The van der Waals surface area contributed by atoms with Crippen LogP contribution in [0.4, 0.5) is 0 Å². The van der Waals surface area contributed by atoms with E-state index in [4.69, 9.17) is 5.11 Å². The Labute approximate surface area is 105 Å². The van der Waals surface area contributed by atoms with E-state index in [0.717, 1.165) is 19.0 Å². The van der Waals surface area contributed by atoms with Crippen molar-refractivity contribution in [2.45, 2.75) is 26.7 Å². The summed E-state index contributed by atoms with van der Waals surface area (Å²) in [5.41, 5.74) is -0.0455. The van der Waals surface area contributed by atoms with Crippen LogP contribution < -0.4 is 5.32 Å². The van der Waals surface area contributed by atoms with Gasteiger partial charge in [0.05, 0.1) is 12.4 Å². The van der Waals surface area contributed by atoms with Crippen molar-refractivity contribution in [1.82, 2.24) is 15.3 Å². The summed E-state index contributed by atoms with van der Waals surface area (Å²) in [6.07, 6.45) is 4.19. The van der Waals surface area contributed by atoms with Crippen molar-refractivity contribution in [3.05, 3.63) is 23.8 Å². The number of nitrogens with one attached hydrogen (secondary N) is 1. The third-order valence-corrected chi connectivity index (χ3v) is 2.35. The van der Waals surface area contributed by atoms with Crippen LogP contribution in [0.15, 0.2) is 12.4 Å². The predicted octanol–water partition coefficient (Wildman–Crippen LogP) is 1.34. The van der Waals surface area contributed by atoms with Crippen LogP contribution in [-0.2, 0) is 0 Å². The zero-order valence-electron chi connectivity index (χ0n) is 10.5. The highest BCUT2D eigenvalue weighted by atomic mass is 16.4. The minimum Gasteiger partial charge on any atom is -0.476 e. The highest BCUT2D eigenvalue weighted by molar-refractivity contribution is 5.92. The molecule has 0 spiro atoms. The maximum absolute atomic E-state index is 11.6. The number of nitrogens with zero attached hydrogens (tertiary/aromatic N) is 2. The van der Waals surface area contributed by atoms with E-state index in [1.807, 2.05) is 0 Å². The Hall–Kier alpha value is -1.98. The number of carbonyl (C=O) groups excluding carboxylic acids is 1. The third kappa shape index (κ3) is 4.48. The van der Waals surface area contributed by atoms with Gasteiger partial charge in [-0.25, -0.2) is 14.8 Å². The van der Waals surface area contributed by atoms with E-state index in [9.17, 15) is 9.59 Å². The summed E-state index contributed by atoms with van der Waals surface area (Å²) in [7, 11) is 0. The molecule has 1 rings (SSSR count). The van der Waals surface area contributed by atoms with Gasteiger partial charge in [-0.1, -0.05) is 13.8 Å². The molecular formula is C12H17N3O3. The molecule has 0 atom stereocenters. The Kier molecular flexibility index (Phi) is 5.23. The number of hydrogen-bond donors (Lipinski definition) is 2. The van der Waals surface area contributed by atoms with Crippen LogP contribution in [0.1, 0.15) is 47.7 Å². The van der Waals surface area contributed by atoms with Gasteiger partial charge in [-0.3, -0.25) is 4.79 Å². The molecule has 0 unspecified atom stereocenters. The fourth-order valence-electron chi connectivity index (χ4n) is 1.36. The average molecular weight is 251 g/mol. The van der Waals surface area contributed by atoms with Crippen molar-refractivity contribution in [2.75, 3.05) is 6.54 Å². The van der Waals surface area contributed by atoms with Gasteiger partial charge in [0.1, 0.15) is 5.69 Å². The van der Waals surface area contributed by atoms with Gasteiger partial charge in [-0.15, -0.1) is 0 Å². The van der Waals surface area contributed by atoms with Gasteiger partial charge in [0.2, 0.25) is 0 Å². The van der Waals surface area contributed by atoms with Crippen molar-refractivity contribution in [3.8, 4) is 0 Å². The third-order valence-electron chi connectivity index (χ3n) is 2.35. The first-order chi connectivity index (χ1) is 8.50. The fraction of sp³-hybridized carbons (Fsp3) is 0.500. The van der Waals surface area contributed by atoms with E-state index in [2.05, 4.69) is 29.1 Å². The standard InChI is InChI=1S/C12H17N3O3/c1-8(2)4-3-5-13-11(16)9-6-15-10(7-14-9)12(17)18/h6-8H,3-5H2,1-2H3,(H,13,16)(H,17,18). The number of rotatable bonds is 6. The molecule has 18 heavy (non-hydrogen) atoms. The summed E-state index contributed by atoms with van der Waals surface area (Å²) < 4.78 is 0. The summed E-state index contributed by atoms with van der Waals surface area (Å²) in [6.45, 7) is 4.83. The van der Waals surface area contributed by atoms with Crippen molar-refractivity contribution in [3.63, 3.8) is 0 Å². The maximum atomic E-state index is 11.6. The van der Waals surface area contributed by atoms with E-state index >= 15 is 0 Å². The van der Waals surface area contributed by atoms with Crippen molar-refractivity contribution < 1.29 is 14.7 Å². The van der Waals surface area contributed by atoms with Gasteiger partial charge in [0, 0.05) is 6.54 Å². The molecule has 0 radical (unpaired) electrons. The van der Waals surface area contributed by atoms with Gasteiger partial charge in [0.25, 0.3) is 5.91 Å². The first-order valence-corrected chi connectivity index (χ1v) is 5.84. The Morgan fingerprint density at radius 3 is 2.39 bits per heavy atom. The highest BCUT2D eigenvalue weighted by Crippen LogP contribution is 2.02. The topological polar surface area (TPSA) is 92.2 Å². The largest absolute Gasteiger partial charge is 0.476 e. The van der Waals surface area contributed by atoms with E-state index in [-0.39, 0.29) is 17.3 Å². The molecule has 0 saturated carbocycles. The summed E-state index contributed by atoms with van der Waals surface area (Å²) in [5.74, 6) is -0.883. The van der Waals surface area contributed by atoms with Crippen molar-refractivity contribution >= 4 is 11.9 Å². The first kappa shape index (κ1) is 14.1.